The topological polar surface area (TPSA) is 161 Å². The number of benzene rings is 3. The van der Waals surface area contributed by atoms with Gasteiger partial charge in [0.25, 0.3) is 0 Å². The van der Waals surface area contributed by atoms with E-state index in [1.54, 1.807) is 31.2 Å². The van der Waals surface area contributed by atoms with Gasteiger partial charge >= 0.3 is 17.8 Å². The molecule has 0 radical (unpaired) electrons. The first-order chi connectivity index (χ1) is 23.4. The largest absolute Gasteiger partial charge is 0.744 e. The molecule has 0 bridgehead atoms. The highest BCUT2D eigenvalue weighted by molar-refractivity contribution is 7.85. The summed E-state index contributed by atoms with van der Waals surface area (Å²) >= 11 is 0. The normalized spacial score (nSPS) is 14.7. The van der Waals surface area contributed by atoms with Crippen molar-refractivity contribution in [2.75, 3.05) is 39.7 Å². The second-order valence-corrected chi connectivity index (χ2v) is 13.8. The summed E-state index contributed by atoms with van der Waals surface area (Å²) < 4.78 is 78.6. The number of hydrogen-bond donors (Lipinski definition) is 1. The van der Waals surface area contributed by atoms with Gasteiger partial charge in [-0.1, -0.05) is 30.3 Å². The van der Waals surface area contributed by atoms with Gasteiger partial charge in [0.05, 0.1) is 62.5 Å². The predicted molar refractivity (Wildman–Crippen MR) is 176 cm³/mol. The molecule has 0 spiro atoms. The van der Waals surface area contributed by atoms with Crippen LogP contribution >= 0.6 is 0 Å². The van der Waals surface area contributed by atoms with Gasteiger partial charge in [-0.25, -0.2) is 27.7 Å². The quantitative estimate of drug-likeness (QED) is 0.153. The maximum absolute atomic E-state index is 13.6. The van der Waals surface area contributed by atoms with Crippen molar-refractivity contribution in [3.8, 4) is 6.07 Å². The summed E-state index contributed by atoms with van der Waals surface area (Å²) in [6.07, 6.45) is -3.28. The van der Waals surface area contributed by atoms with Gasteiger partial charge in [0.1, 0.15) is 16.2 Å². The maximum atomic E-state index is 13.6. The van der Waals surface area contributed by atoms with Crippen LogP contribution in [0.5, 0.6) is 0 Å². The molecule has 1 unspecified atom stereocenters. The van der Waals surface area contributed by atoms with Crippen LogP contribution in [0.15, 0.2) is 93.8 Å². The van der Waals surface area contributed by atoms with Crippen LogP contribution in [0.3, 0.4) is 0 Å². The first-order valence-electron chi connectivity index (χ1n) is 15.1. The van der Waals surface area contributed by atoms with Crippen molar-refractivity contribution in [3.05, 3.63) is 117 Å². The molecule has 1 N–H and O–H groups in total. The number of hydrogen-bond acceptors (Lipinski definition) is 9. The highest BCUT2D eigenvalue weighted by Gasteiger charge is 2.41. The summed E-state index contributed by atoms with van der Waals surface area (Å²) in [4.78, 5) is 27.6. The van der Waals surface area contributed by atoms with Crippen molar-refractivity contribution in [2.24, 2.45) is 0 Å². The fourth-order valence-corrected chi connectivity index (χ4v) is 6.06. The second-order valence-electron chi connectivity index (χ2n) is 12.4. The molecule has 0 aliphatic carbocycles. The molecule has 5 rings (SSSR count). The van der Waals surface area contributed by atoms with Crippen molar-refractivity contribution in [2.45, 2.75) is 36.9 Å². The highest BCUT2D eigenvalue weighted by Crippen LogP contribution is 2.43. The number of quaternary nitrogens is 1. The Morgan fingerprint density at radius 2 is 1.76 bits per heavy atom. The Labute approximate surface area is 287 Å². The molecular formula is C34H35F3N6O6S. The summed E-state index contributed by atoms with van der Waals surface area (Å²) in [6.45, 7) is 2.41. The SMILES string of the molecule is COC(=O)C1=C(C)N(c2cccc(C(F)(F)F)c2)c2n[nH]c(=O)n2C1c1ccc(C#N)cc1CCC[N+](C)(C)C.O=S(=O)([O-])c1ccccc1. The van der Waals surface area contributed by atoms with Crippen LogP contribution in [0.4, 0.5) is 24.8 Å². The maximum Gasteiger partial charge on any atom is 0.416 e. The van der Waals surface area contributed by atoms with E-state index in [1.165, 1.54) is 53.0 Å². The van der Waals surface area contributed by atoms with E-state index in [2.05, 4.69) is 37.4 Å². The Bertz CT molecular complexity index is 2110. The van der Waals surface area contributed by atoms with Crippen molar-refractivity contribution in [1.29, 1.82) is 5.26 Å². The Morgan fingerprint density at radius 1 is 1.08 bits per heavy atom. The number of ether oxygens (including phenoxy) is 1. The Balaban J connectivity index is 0.000000482. The number of nitrogens with zero attached hydrogens (tertiary/aromatic N) is 5. The van der Waals surface area contributed by atoms with Crippen LogP contribution in [-0.4, -0.2) is 73.0 Å². The zero-order valence-electron chi connectivity index (χ0n) is 27.9. The van der Waals surface area contributed by atoms with Crippen LogP contribution in [-0.2, 0) is 32.2 Å². The van der Waals surface area contributed by atoms with E-state index in [-0.39, 0.29) is 27.8 Å². The number of aromatic amines is 1. The molecule has 3 aromatic carbocycles. The minimum absolute atomic E-state index is 0.0149. The molecule has 264 valence electrons. The molecule has 1 aromatic heterocycles. The number of esters is 1. The number of aryl methyl sites for hydroxylation is 1. The molecular weight excluding hydrogens is 677 g/mol. The smallest absolute Gasteiger partial charge is 0.416 e. The van der Waals surface area contributed by atoms with E-state index in [0.717, 1.165) is 35.1 Å². The number of alkyl halides is 3. The average molecular weight is 713 g/mol. The van der Waals surface area contributed by atoms with Gasteiger partial charge < -0.3 is 13.8 Å². The van der Waals surface area contributed by atoms with E-state index in [9.17, 15) is 41.0 Å². The summed E-state index contributed by atoms with van der Waals surface area (Å²) in [6, 6.07) is 17.9. The number of nitrogens with one attached hydrogen (secondary N) is 1. The fourth-order valence-electron chi connectivity index (χ4n) is 5.57. The Kier molecular flexibility index (Phi) is 11.1. The van der Waals surface area contributed by atoms with Crippen LogP contribution in [0.1, 0.15) is 41.6 Å². The summed E-state index contributed by atoms with van der Waals surface area (Å²) in [7, 11) is 3.14. The standard InChI is InChI=1S/C28H29F3N6O3.C6H6O3S/c1-17-23(25(38)40-5)24(22-12-11-18(16-32)14-19(22)8-7-13-37(2,3)4)36-26(33-34-27(36)39)35(17)21-10-6-9-20(15-21)28(29,30)31;7-10(8,9)6-4-2-1-3-5-6/h6,9-12,14-15,24H,7-8,13H2,1-5H3;1-5H,(H,7,8,9). The van der Waals surface area contributed by atoms with Gasteiger partial charge in [0.15, 0.2) is 0 Å². The molecule has 4 aromatic rings. The van der Waals surface area contributed by atoms with Crippen LogP contribution in [0.2, 0.25) is 0 Å². The van der Waals surface area contributed by atoms with E-state index < -0.39 is 39.6 Å². The number of fused-ring (bicyclic) bond motifs is 1. The number of carbonyl (C=O) groups is 1. The monoisotopic (exact) mass is 712 g/mol. The lowest BCUT2D eigenvalue weighted by molar-refractivity contribution is -0.870. The number of aromatic nitrogens is 3. The van der Waals surface area contributed by atoms with Crippen LogP contribution in [0, 0.1) is 11.3 Å². The lowest BCUT2D eigenvalue weighted by Crippen LogP contribution is -2.38. The van der Waals surface area contributed by atoms with E-state index in [0.29, 0.717) is 17.5 Å². The first kappa shape index (κ1) is 37.6. The molecule has 12 nitrogen and oxygen atoms in total. The Hall–Kier alpha value is -5.24. The molecule has 0 fully saturated rings. The third-order valence-corrected chi connectivity index (χ3v) is 8.70. The zero-order valence-corrected chi connectivity index (χ0v) is 28.7. The number of rotatable bonds is 8. The Morgan fingerprint density at radius 3 is 2.32 bits per heavy atom. The summed E-state index contributed by atoms with van der Waals surface area (Å²) in [5.41, 5.74) is 0.605. The molecule has 0 saturated heterocycles. The number of carbonyl (C=O) groups excluding carboxylic acids is 1. The molecule has 0 amide bonds. The van der Waals surface area contributed by atoms with Gasteiger partial charge in [-0.15, -0.1) is 5.10 Å². The molecule has 50 heavy (non-hydrogen) atoms. The average Bonchev–Trinajstić information content (AvgIpc) is 3.43. The highest BCUT2D eigenvalue weighted by atomic mass is 32.2. The van der Waals surface area contributed by atoms with Gasteiger partial charge in [-0.2, -0.15) is 18.4 Å². The van der Waals surface area contributed by atoms with Crippen LogP contribution in [0.25, 0.3) is 0 Å². The zero-order chi connectivity index (χ0) is 37.0. The number of anilines is 2. The molecule has 16 heteroatoms. The third-order valence-electron chi connectivity index (χ3n) is 7.85. The number of methoxy groups -OCH3 is 1. The lowest BCUT2D eigenvalue weighted by atomic mass is 9.88. The van der Waals surface area contributed by atoms with Crippen molar-refractivity contribution in [3.63, 3.8) is 0 Å². The second kappa shape index (κ2) is 14.7. The molecule has 0 saturated carbocycles. The lowest BCUT2D eigenvalue weighted by Gasteiger charge is -2.36. The number of halogens is 3. The molecule has 1 aliphatic rings. The number of nitriles is 1. The molecule has 2 heterocycles. The van der Waals surface area contributed by atoms with Gasteiger partial charge in [-0.3, -0.25) is 4.90 Å². The molecule has 1 atom stereocenters. The van der Waals surface area contributed by atoms with Crippen molar-refractivity contribution in [1.82, 2.24) is 14.8 Å². The van der Waals surface area contributed by atoms with Crippen molar-refractivity contribution < 1.29 is 40.2 Å². The van der Waals surface area contributed by atoms with Crippen LogP contribution < -0.4 is 10.6 Å². The van der Waals surface area contributed by atoms with E-state index in [1.807, 2.05) is 0 Å². The van der Waals surface area contributed by atoms with E-state index >= 15 is 0 Å². The summed E-state index contributed by atoms with van der Waals surface area (Å²) in [5, 5.41) is 16.1. The predicted octanol–water partition coefficient (Wildman–Crippen LogP) is 4.88. The van der Waals surface area contributed by atoms with E-state index in [4.69, 9.17) is 4.74 Å². The van der Waals surface area contributed by atoms with Gasteiger partial charge in [0, 0.05) is 17.8 Å². The van der Waals surface area contributed by atoms with Gasteiger partial charge in [-0.05, 0) is 66.9 Å². The van der Waals surface area contributed by atoms with Crippen molar-refractivity contribution >= 4 is 27.7 Å². The third kappa shape index (κ3) is 8.48. The van der Waals surface area contributed by atoms with Gasteiger partial charge in [0.2, 0.25) is 5.95 Å². The summed E-state index contributed by atoms with van der Waals surface area (Å²) in [5.74, 6) is -0.735. The molecule has 1 aliphatic heterocycles. The fraction of sp³-hybridized carbons (Fsp3) is 0.294. The number of allylic oxidation sites excluding steroid dienone is 1. The number of H-pyrrole nitrogens is 1. The minimum atomic E-state index is -4.61. The minimum Gasteiger partial charge on any atom is -0.744 e. The first-order valence-corrected chi connectivity index (χ1v) is 16.6.